The van der Waals surface area contributed by atoms with Crippen molar-refractivity contribution in [2.45, 2.75) is 39.7 Å². The standard InChI is InChI=1S/C18H28ClN3O3/c1-6-22(12-17(24)21-18(2,3)4)10-9-16(23)20-14-11-13(19)7-8-15(14)25-5/h7-8,11H,6,9-10,12H2,1-5H3,(H,20,23)(H,21,24). The van der Waals surface area contributed by atoms with E-state index in [1.165, 1.54) is 7.11 Å². The predicted molar refractivity (Wildman–Crippen MR) is 101 cm³/mol. The second kappa shape index (κ2) is 9.63. The number of carbonyl (C=O) groups excluding carboxylic acids is 2. The highest BCUT2D eigenvalue weighted by Gasteiger charge is 2.17. The number of hydrogen-bond acceptors (Lipinski definition) is 4. The molecule has 1 aromatic carbocycles. The van der Waals surface area contributed by atoms with Gasteiger partial charge in [0.2, 0.25) is 11.8 Å². The maximum absolute atomic E-state index is 12.2. The molecule has 140 valence electrons. The first-order valence-electron chi connectivity index (χ1n) is 8.31. The monoisotopic (exact) mass is 369 g/mol. The van der Waals surface area contributed by atoms with Crippen LogP contribution in [0.2, 0.25) is 5.02 Å². The Balaban J connectivity index is 2.54. The lowest BCUT2D eigenvalue weighted by atomic mass is 10.1. The molecule has 0 fully saturated rings. The van der Waals surface area contributed by atoms with Crippen molar-refractivity contribution in [1.29, 1.82) is 0 Å². The van der Waals surface area contributed by atoms with Gasteiger partial charge in [-0.2, -0.15) is 0 Å². The van der Waals surface area contributed by atoms with Gasteiger partial charge < -0.3 is 15.4 Å². The fraction of sp³-hybridized carbons (Fsp3) is 0.556. The van der Waals surface area contributed by atoms with Crippen molar-refractivity contribution in [2.24, 2.45) is 0 Å². The molecule has 0 saturated heterocycles. The minimum Gasteiger partial charge on any atom is -0.495 e. The fourth-order valence-electron chi connectivity index (χ4n) is 2.26. The van der Waals surface area contributed by atoms with Gasteiger partial charge in [0, 0.05) is 23.5 Å². The number of methoxy groups -OCH3 is 1. The summed E-state index contributed by atoms with van der Waals surface area (Å²) in [6.45, 7) is 9.21. The molecule has 2 amide bonds. The Morgan fingerprint density at radius 2 is 1.92 bits per heavy atom. The van der Waals surface area contributed by atoms with Crippen molar-refractivity contribution in [3.05, 3.63) is 23.2 Å². The number of nitrogens with zero attached hydrogens (tertiary/aromatic N) is 1. The van der Waals surface area contributed by atoms with Crippen molar-refractivity contribution in [1.82, 2.24) is 10.2 Å². The Bertz CT molecular complexity index is 600. The van der Waals surface area contributed by atoms with Crippen LogP contribution in [-0.2, 0) is 9.59 Å². The molecule has 0 saturated carbocycles. The number of amides is 2. The van der Waals surface area contributed by atoms with E-state index in [1.54, 1.807) is 18.2 Å². The van der Waals surface area contributed by atoms with Crippen molar-refractivity contribution < 1.29 is 14.3 Å². The quantitative estimate of drug-likeness (QED) is 0.739. The largest absolute Gasteiger partial charge is 0.495 e. The number of halogens is 1. The normalized spacial score (nSPS) is 11.3. The second-order valence-corrected chi connectivity index (χ2v) is 7.25. The van der Waals surface area contributed by atoms with Gasteiger partial charge >= 0.3 is 0 Å². The van der Waals surface area contributed by atoms with Crippen LogP contribution >= 0.6 is 11.6 Å². The molecule has 0 aromatic heterocycles. The van der Waals surface area contributed by atoms with Crippen molar-refractivity contribution in [2.75, 3.05) is 32.1 Å². The lowest BCUT2D eigenvalue weighted by molar-refractivity contribution is -0.124. The van der Waals surface area contributed by atoms with Gasteiger partial charge in [0.15, 0.2) is 0 Å². The third kappa shape index (κ3) is 8.23. The molecular weight excluding hydrogens is 342 g/mol. The molecule has 0 aliphatic heterocycles. The third-order valence-corrected chi connectivity index (χ3v) is 3.65. The third-order valence-electron chi connectivity index (χ3n) is 3.42. The van der Waals surface area contributed by atoms with E-state index in [0.29, 0.717) is 29.5 Å². The van der Waals surface area contributed by atoms with E-state index >= 15 is 0 Å². The summed E-state index contributed by atoms with van der Waals surface area (Å²) in [4.78, 5) is 26.1. The van der Waals surface area contributed by atoms with Gasteiger partial charge in [0.1, 0.15) is 5.75 Å². The van der Waals surface area contributed by atoms with Crippen molar-refractivity contribution in [3.63, 3.8) is 0 Å². The molecule has 1 rings (SSSR count). The fourth-order valence-corrected chi connectivity index (χ4v) is 2.43. The summed E-state index contributed by atoms with van der Waals surface area (Å²) >= 11 is 5.96. The highest BCUT2D eigenvalue weighted by Crippen LogP contribution is 2.27. The predicted octanol–water partition coefficient (Wildman–Crippen LogP) is 2.91. The van der Waals surface area contributed by atoms with Crippen molar-refractivity contribution >= 4 is 29.1 Å². The first kappa shape index (κ1) is 21.3. The van der Waals surface area contributed by atoms with Gasteiger partial charge in [0.05, 0.1) is 19.3 Å². The average molecular weight is 370 g/mol. The number of likely N-dealkylation sites (N-methyl/N-ethyl adjacent to an activating group) is 1. The van der Waals surface area contributed by atoms with Crippen LogP contribution in [0, 0.1) is 0 Å². The van der Waals surface area contributed by atoms with Crippen LogP contribution in [0.4, 0.5) is 5.69 Å². The first-order valence-corrected chi connectivity index (χ1v) is 8.69. The number of rotatable bonds is 8. The van der Waals surface area contributed by atoms with E-state index in [9.17, 15) is 9.59 Å². The smallest absolute Gasteiger partial charge is 0.234 e. The molecule has 1 aromatic rings. The van der Waals surface area contributed by atoms with Crippen molar-refractivity contribution in [3.8, 4) is 5.75 Å². The Morgan fingerprint density at radius 1 is 1.24 bits per heavy atom. The lowest BCUT2D eigenvalue weighted by Gasteiger charge is -2.24. The van der Waals surface area contributed by atoms with E-state index in [2.05, 4.69) is 10.6 Å². The zero-order valence-corrected chi connectivity index (χ0v) is 16.4. The summed E-state index contributed by atoms with van der Waals surface area (Å²) in [5.74, 6) is 0.344. The number of anilines is 1. The second-order valence-electron chi connectivity index (χ2n) is 6.81. The Labute approximate surface area is 154 Å². The molecule has 0 spiro atoms. The molecule has 25 heavy (non-hydrogen) atoms. The highest BCUT2D eigenvalue weighted by molar-refractivity contribution is 6.31. The van der Waals surface area contributed by atoms with E-state index in [-0.39, 0.29) is 30.3 Å². The minimum atomic E-state index is -0.267. The summed E-state index contributed by atoms with van der Waals surface area (Å²) in [5.41, 5.74) is 0.269. The number of hydrogen-bond donors (Lipinski definition) is 2. The Morgan fingerprint density at radius 3 is 2.48 bits per heavy atom. The summed E-state index contributed by atoms with van der Waals surface area (Å²) in [6.07, 6.45) is 0.270. The molecule has 0 aliphatic carbocycles. The highest BCUT2D eigenvalue weighted by atomic mass is 35.5. The van der Waals surface area contributed by atoms with E-state index in [4.69, 9.17) is 16.3 Å². The summed E-state index contributed by atoms with van der Waals surface area (Å²) in [5, 5.41) is 6.24. The first-order chi connectivity index (χ1) is 11.6. The van der Waals surface area contributed by atoms with Crippen LogP contribution in [0.1, 0.15) is 34.1 Å². The van der Waals surface area contributed by atoms with Gasteiger partial charge in [-0.1, -0.05) is 18.5 Å². The maximum atomic E-state index is 12.2. The molecule has 0 unspecified atom stereocenters. The van der Waals surface area contributed by atoms with Crippen LogP contribution < -0.4 is 15.4 Å². The van der Waals surface area contributed by atoms with Gasteiger partial charge in [-0.15, -0.1) is 0 Å². The summed E-state index contributed by atoms with van der Waals surface area (Å²) < 4.78 is 5.21. The molecule has 0 atom stereocenters. The molecule has 7 heteroatoms. The SMILES string of the molecule is CCN(CCC(=O)Nc1cc(Cl)ccc1OC)CC(=O)NC(C)(C)C. The van der Waals surface area contributed by atoms with Gasteiger partial charge in [-0.25, -0.2) is 0 Å². The number of benzene rings is 1. The topological polar surface area (TPSA) is 70.7 Å². The van der Waals surface area contributed by atoms with Crippen LogP contribution in [-0.4, -0.2) is 49.0 Å². The van der Waals surface area contributed by atoms with Crippen LogP contribution in [0.25, 0.3) is 0 Å². The van der Waals surface area contributed by atoms with E-state index < -0.39 is 0 Å². The summed E-state index contributed by atoms with van der Waals surface area (Å²) in [7, 11) is 1.53. The zero-order valence-electron chi connectivity index (χ0n) is 15.6. The molecule has 2 N–H and O–H groups in total. The lowest BCUT2D eigenvalue weighted by Crippen LogP contribution is -2.46. The number of carbonyl (C=O) groups is 2. The molecular formula is C18H28ClN3O3. The van der Waals surface area contributed by atoms with Crippen LogP contribution in [0.5, 0.6) is 5.75 Å². The van der Waals surface area contributed by atoms with Gasteiger partial charge in [-0.3, -0.25) is 14.5 Å². The van der Waals surface area contributed by atoms with E-state index in [0.717, 1.165) is 0 Å². The Hall–Kier alpha value is -1.79. The van der Waals surface area contributed by atoms with Gasteiger partial charge in [-0.05, 0) is 45.5 Å². The van der Waals surface area contributed by atoms with Crippen LogP contribution in [0.3, 0.4) is 0 Å². The minimum absolute atomic E-state index is 0.0498. The molecule has 0 bridgehead atoms. The van der Waals surface area contributed by atoms with E-state index in [1.807, 2.05) is 32.6 Å². The molecule has 0 heterocycles. The summed E-state index contributed by atoms with van der Waals surface area (Å²) in [6, 6.07) is 5.04. The maximum Gasteiger partial charge on any atom is 0.234 e. The number of nitrogens with one attached hydrogen (secondary N) is 2. The number of ether oxygens (including phenoxy) is 1. The zero-order chi connectivity index (χ0) is 19.0. The average Bonchev–Trinajstić information content (AvgIpc) is 2.49. The Kier molecular flexibility index (Phi) is 8.19. The molecule has 0 radical (unpaired) electrons. The van der Waals surface area contributed by atoms with Crippen LogP contribution in [0.15, 0.2) is 18.2 Å². The van der Waals surface area contributed by atoms with Gasteiger partial charge in [0.25, 0.3) is 0 Å². The molecule has 0 aliphatic rings. The molecule has 6 nitrogen and oxygen atoms in total.